The lowest BCUT2D eigenvalue weighted by molar-refractivity contribution is 0.0717. The molecule has 0 saturated carbocycles. The highest BCUT2D eigenvalue weighted by molar-refractivity contribution is 7.16. The minimum absolute atomic E-state index is 0.0170. The van der Waals surface area contributed by atoms with Crippen LogP contribution < -0.4 is 4.90 Å². The maximum atomic E-state index is 12.7. The second-order valence-corrected chi connectivity index (χ2v) is 7.29. The predicted molar refractivity (Wildman–Crippen MR) is 98.0 cm³/mol. The average molecular weight is 356 g/mol. The van der Waals surface area contributed by atoms with Crippen molar-refractivity contribution in [2.24, 2.45) is 7.05 Å². The molecule has 3 aromatic heterocycles. The first-order valence-corrected chi connectivity index (χ1v) is 9.20. The summed E-state index contributed by atoms with van der Waals surface area (Å²) in [6.45, 7) is 1.73. The van der Waals surface area contributed by atoms with Crippen LogP contribution in [0.3, 0.4) is 0 Å². The molecule has 8 heteroatoms. The van der Waals surface area contributed by atoms with E-state index in [1.54, 1.807) is 34.7 Å². The zero-order valence-corrected chi connectivity index (χ0v) is 15.1. The molecule has 0 N–H and O–H groups in total. The fourth-order valence-electron chi connectivity index (χ4n) is 3.39. The number of carbonyl (C=O) groups excluding carboxylic acids is 1. The van der Waals surface area contributed by atoms with Crippen molar-refractivity contribution in [1.29, 1.82) is 0 Å². The van der Waals surface area contributed by atoms with Crippen molar-refractivity contribution in [3.63, 3.8) is 0 Å². The van der Waals surface area contributed by atoms with Gasteiger partial charge in [0.15, 0.2) is 0 Å². The first-order chi connectivity index (χ1) is 12.1. The van der Waals surface area contributed by atoms with Gasteiger partial charge in [-0.25, -0.2) is 9.97 Å². The van der Waals surface area contributed by atoms with Gasteiger partial charge in [-0.1, -0.05) is 0 Å². The lowest BCUT2D eigenvalue weighted by Gasteiger charge is -2.38. The first-order valence-electron chi connectivity index (χ1n) is 8.32. The fraction of sp³-hybridized carbons (Fsp3) is 0.412. The number of piperidine rings is 1. The summed E-state index contributed by atoms with van der Waals surface area (Å²) in [5.41, 5.74) is 0.629. The first kappa shape index (κ1) is 16.0. The van der Waals surface area contributed by atoms with Crippen molar-refractivity contribution in [2.45, 2.75) is 18.9 Å². The minimum atomic E-state index is 0.0170. The Kier molecular flexibility index (Phi) is 4.12. The van der Waals surface area contributed by atoms with Crippen LogP contribution in [-0.4, -0.2) is 56.7 Å². The Morgan fingerprint density at radius 2 is 2.28 bits per heavy atom. The average Bonchev–Trinajstić information content (AvgIpc) is 3.29. The molecule has 1 aliphatic rings. The van der Waals surface area contributed by atoms with Crippen LogP contribution in [0.1, 0.15) is 23.2 Å². The van der Waals surface area contributed by atoms with Gasteiger partial charge in [-0.3, -0.25) is 9.48 Å². The zero-order chi connectivity index (χ0) is 17.4. The molecule has 7 nitrogen and oxygen atoms in total. The monoisotopic (exact) mass is 356 g/mol. The van der Waals surface area contributed by atoms with Gasteiger partial charge in [-0.15, -0.1) is 11.3 Å². The number of aromatic nitrogens is 4. The van der Waals surface area contributed by atoms with E-state index in [2.05, 4.69) is 26.0 Å². The highest BCUT2D eigenvalue weighted by atomic mass is 32.1. The summed E-state index contributed by atoms with van der Waals surface area (Å²) in [6, 6.07) is 2.23. The molecule has 0 aliphatic carbocycles. The van der Waals surface area contributed by atoms with E-state index in [1.807, 2.05) is 24.4 Å². The number of hydrogen-bond donors (Lipinski definition) is 0. The molecule has 0 aromatic carbocycles. The van der Waals surface area contributed by atoms with Crippen molar-refractivity contribution in [3.05, 3.63) is 35.7 Å². The summed E-state index contributed by atoms with van der Waals surface area (Å²) in [4.78, 5) is 26.7. The molecule has 25 heavy (non-hydrogen) atoms. The van der Waals surface area contributed by atoms with E-state index in [0.717, 1.165) is 42.0 Å². The number of hydrogen-bond acceptors (Lipinski definition) is 6. The van der Waals surface area contributed by atoms with Gasteiger partial charge in [0, 0.05) is 39.4 Å². The van der Waals surface area contributed by atoms with Gasteiger partial charge in [0.25, 0.3) is 5.91 Å². The molecule has 0 radical (unpaired) electrons. The molecular formula is C17H20N6OS. The maximum absolute atomic E-state index is 12.7. The Balaban J connectivity index is 1.54. The van der Waals surface area contributed by atoms with Crippen molar-refractivity contribution in [1.82, 2.24) is 24.6 Å². The molecule has 1 amide bonds. The van der Waals surface area contributed by atoms with Crippen LogP contribution in [0.15, 0.2) is 30.2 Å². The molecule has 130 valence electrons. The highest BCUT2D eigenvalue weighted by Crippen LogP contribution is 2.29. The van der Waals surface area contributed by atoms with Crippen LogP contribution in [0.5, 0.6) is 0 Å². The number of likely N-dealkylation sites (N-methyl/N-ethyl adjacent to an activating group) is 1. The minimum Gasteiger partial charge on any atom is -0.354 e. The van der Waals surface area contributed by atoms with Crippen LogP contribution >= 0.6 is 11.3 Å². The van der Waals surface area contributed by atoms with Crippen LogP contribution in [0, 0.1) is 0 Å². The number of fused-ring (bicyclic) bond motifs is 1. The topological polar surface area (TPSA) is 67.2 Å². The lowest BCUT2D eigenvalue weighted by Crippen LogP contribution is -2.48. The summed E-state index contributed by atoms with van der Waals surface area (Å²) in [7, 11) is 3.70. The van der Waals surface area contributed by atoms with E-state index < -0.39 is 0 Å². The molecule has 1 saturated heterocycles. The van der Waals surface area contributed by atoms with Crippen LogP contribution in [0.4, 0.5) is 5.82 Å². The third-order valence-electron chi connectivity index (χ3n) is 4.76. The van der Waals surface area contributed by atoms with E-state index in [4.69, 9.17) is 0 Å². The van der Waals surface area contributed by atoms with E-state index in [-0.39, 0.29) is 11.9 Å². The summed E-state index contributed by atoms with van der Waals surface area (Å²) < 4.78 is 1.66. The number of nitrogens with zero attached hydrogens (tertiary/aromatic N) is 6. The summed E-state index contributed by atoms with van der Waals surface area (Å²) in [5.74, 6) is 0.987. The third-order valence-corrected chi connectivity index (χ3v) is 5.58. The van der Waals surface area contributed by atoms with Crippen LogP contribution in [-0.2, 0) is 7.05 Å². The number of anilines is 1. The van der Waals surface area contributed by atoms with Gasteiger partial charge in [-0.2, -0.15) is 5.10 Å². The third kappa shape index (κ3) is 2.97. The predicted octanol–water partition coefficient (Wildman–Crippen LogP) is 2.17. The lowest BCUT2D eigenvalue weighted by atomic mass is 10.0. The van der Waals surface area contributed by atoms with Crippen LogP contribution in [0.25, 0.3) is 10.2 Å². The summed E-state index contributed by atoms with van der Waals surface area (Å²) in [6.07, 6.45) is 7.04. The molecule has 1 unspecified atom stereocenters. The molecular weight excluding hydrogens is 336 g/mol. The zero-order valence-electron chi connectivity index (χ0n) is 14.3. The Morgan fingerprint density at radius 3 is 3.08 bits per heavy atom. The van der Waals surface area contributed by atoms with E-state index in [0.29, 0.717) is 5.56 Å². The van der Waals surface area contributed by atoms with Crippen molar-refractivity contribution < 1.29 is 4.79 Å². The molecule has 4 heterocycles. The number of aryl methyl sites for hydroxylation is 1. The summed E-state index contributed by atoms with van der Waals surface area (Å²) in [5, 5.41) is 7.23. The SMILES string of the molecule is CN(C(=O)c1cnn(C)c1)C1CCCN(c2ncnc3sccc23)C1. The number of carbonyl (C=O) groups is 1. The van der Waals surface area contributed by atoms with Gasteiger partial charge in [0.1, 0.15) is 17.0 Å². The Bertz CT molecular complexity index is 903. The van der Waals surface area contributed by atoms with Gasteiger partial charge in [0.2, 0.25) is 0 Å². The normalized spacial score (nSPS) is 17.8. The van der Waals surface area contributed by atoms with Gasteiger partial charge >= 0.3 is 0 Å². The molecule has 1 fully saturated rings. The largest absolute Gasteiger partial charge is 0.354 e. The molecule has 3 aromatic rings. The Morgan fingerprint density at radius 1 is 1.40 bits per heavy atom. The molecule has 1 atom stereocenters. The Labute approximate surface area is 149 Å². The highest BCUT2D eigenvalue weighted by Gasteiger charge is 2.28. The second-order valence-electron chi connectivity index (χ2n) is 6.40. The van der Waals surface area contributed by atoms with Gasteiger partial charge < -0.3 is 9.80 Å². The number of amides is 1. The van der Waals surface area contributed by atoms with Crippen LogP contribution in [0.2, 0.25) is 0 Å². The molecule has 1 aliphatic heterocycles. The number of rotatable bonds is 3. The van der Waals surface area contributed by atoms with Crippen molar-refractivity contribution in [2.75, 3.05) is 25.0 Å². The standard InChI is InChI=1S/C17H20N6OS/c1-21-9-12(8-20-21)17(24)22(2)13-4-3-6-23(10-13)15-14-5-7-25-16(14)19-11-18-15/h5,7-9,11,13H,3-4,6,10H2,1-2H3. The molecule has 4 rings (SSSR count). The molecule has 0 spiro atoms. The fourth-order valence-corrected chi connectivity index (χ4v) is 4.12. The Hall–Kier alpha value is -2.48. The van der Waals surface area contributed by atoms with E-state index >= 15 is 0 Å². The van der Waals surface area contributed by atoms with Gasteiger partial charge in [0.05, 0.1) is 17.1 Å². The maximum Gasteiger partial charge on any atom is 0.257 e. The van der Waals surface area contributed by atoms with Gasteiger partial charge in [-0.05, 0) is 24.3 Å². The van der Waals surface area contributed by atoms with Crippen molar-refractivity contribution >= 4 is 33.3 Å². The quantitative estimate of drug-likeness (QED) is 0.719. The van der Waals surface area contributed by atoms with E-state index in [1.165, 1.54) is 0 Å². The number of thiophene rings is 1. The summed E-state index contributed by atoms with van der Waals surface area (Å²) >= 11 is 1.63. The molecule has 0 bridgehead atoms. The smallest absolute Gasteiger partial charge is 0.257 e. The van der Waals surface area contributed by atoms with E-state index in [9.17, 15) is 4.79 Å². The second kappa shape index (κ2) is 6.44. The van der Waals surface area contributed by atoms with Crippen molar-refractivity contribution in [3.8, 4) is 0 Å².